The van der Waals surface area contributed by atoms with Gasteiger partial charge in [-0.05, 0) is 50.8 Å². The van der Waals surface area contributed by atoms with Gasteiger partial charge in [-0.2, -0.15) is 5.10 Å². The van der Waals surface area contributed by atoms with Gasteiger partial charge in [0.1, 0.15) is 0 Å². The summed E-state index contributed by atoms with van der Waals surface area (Å²) in [5.74, 6) is -0.849. The number of carboxylic acid groups (broad SMARTS) is 1. The van der Waals surface area contributed by atoms with Crippen LogP contribution in [0.15, 0.2) is 24.4 Å². The van der Waals surface area contributed by atoms with Crippen LogP contribution in [0.25, 0.3) is 0 Å². The van der Waals surface area contributed by atoms with Crippen molar-refractivity contribution in [3.63, 3.8) is 0 Å². The first-order valence-electron chi connectivity index (χ1n) is 8.65. The molecule has 2 N–H and O–H groups in total. The summed E-state index contributed by atoms with van der Waals surface area (Å²) >= 11 is 0. The Morgan fingerprint density at radius 2 is 2.08 bits per heavy atom. The normalized spacial score (nSPS) is 15.0. The number of benzene rings is 1. The van der Waals surface area contributed by atoms with E-state index in [1.165, 1.54) is 6.07 Å². The average Bonchev–Trinajstić information content (AvgIpc) is 3.33. The molecule has 1 aliphatic rings. The van der Waals surface area contributed by atoms with Crippen molar-refractivity contribution in [2.75, 3.05) is 5.32 Å². The van der Waals surface area contributed by atoms with Gasteiger partial charge in [0.15, 0.2) is 0 Å². The Kier molecular flexibility index (Phi) is 4.61. The van der Waals surface area contributed by atoms with Gasteiger partial charge in [-0.1, -0.05) is 13.0 Å². The molecule has 1 saturated carbocycles. The molecule has 2 aromatic rings. The monoisotopic (exact) mass is 341 g/mol. The van der Waals surface area contributed by atoms with Crippen molar-refractivity contribution in [3.8, 4) is 0 Å². The minimum atomic E-state index is -1.00. The Morgan fingerprint density at radius 3 is 2.68 bits per heavy atom. The van der Waals surface area contributed by atoms with Gasteiger partial charge in [0.05, 0.1) is 23.0 Å². The average molecular weight is 341 g/mol. The van der Waals surface area contributed by atoms with Crippen molar-refractivity contribution in [3.05, 3.63) is 46.8 Å². The highest BCUT2D eigenvalue weighted by Crippen LogP contribution is 2.42. The van der Waals surface area contributed by atoms with Gasteiger partial charge < -0.3 is 10.4 Å². The van der Waals surface area contributed by atoms with Crippen LogP contribution in [0.1, 0.15) is 77.0 Å². The quantitative estimate of drug-likeness (QED) is 0.832. The maximum Gasteiger partial charge on any atom is 0.336 e. The number of amides is 1. The van der Waals surface area contributed by atoms with Gasteiger partial charge in [-0.25, -0.2) is 4.79 Å². The van der Waals surface area contributed by atoms with Crippen molar-refractivity contribution >= 4 is 17.6 Å². The molecule has 1 aromatic heterocycles. The topological polar surface area (TPSA) is 84.2 Å². The molecular formula is C19H23N3O3. The van der Waals surface area contributed by atoms with E-state index in [1.807, 2.05) is 4.68 Å². The summed E-state index contributed by atoms with van der Waals surface area (Å²) in [5.41, 5.74) is 2.91. The third-order valence-electron chi connectivity index (χ3n) is 4.78. The summed E-state index contributed by atoms with van der Waals surface area (Å²) in [5, 5.41) is 16.5. The van der Waals surface area contributed by atoms with Gasteiger partial charge >= 0.3 is 5.97 Å². The third kappa shape index (κ3) is 3.43. The lowest BCUT2D eigenvalue weighted by Crippen LogP contribution is -2.16. The second kappa shape index (κ2) is 6.70. The van der Waals surface area contributed by atoms with E-state index in [9.17, 15) is 14.7 Å². The highest BCUT2D eigenvalue weighted by molar-refractivity contribution is 6.05. The molecule has 6 nitrogen and oxygen atoms in total. The summed E-state index contributed by atoms with van der Waals surface area (Å²) in [6, 6.07) is 5.15. The number of hydrogen-bond acceptors (Lipinski definition) is 3. The minimum absolute atomic E-state index is 0.190. The number of aromatic nitrogens is 2. The smallest absolute Gasteiger partial charge is 0.336 e. The van der Waals surface area contributed by atoms with Crippen molar-refractivity contribution in [1.82, 2.24) is 9.78 Å². The lowest BCUT2D eigenvalue weighted by molar-refractivity contribution is 0.0695. The maximum atomic E-state index is 12.7. The fourth-order valence-electron chi connectivity index (χ4n) is 2.96. The predicted molar refractivity (Wildman–Crippen MR) is 95.3 cm³/mol. The zero-order chi connectivity index (χ0) is 18.1. The number of carboxylic acids is 1. The minimum Gasteiger partial charge on any atom is -0.478 e. The van der Waals surface area contributed by atoms with E-state index in [4.69, 9.17) is 0 Å². The molecule has 0 bridgehead atoms. The van der Waals surface area contributed by atoms with Crippen LogP contribution in [0.3, 0.4) is 0 Å². The molecule has 1 fully saturated rings. The number of rotatable bonds is 6. The Labute approximate surface area is 146 Å². The van der Waals surface area contributed by atoms with Gasteiger partial charge in [-0.3, -0.25) is 9.48 Å². The Bertz CT molecular complexity index is 821. The van der Waals surface area contributed by atoms with Crippen LogP contribution in [-0.2, 0) is 0 Å². The van der Waals surface area contributed by atoms with E-state index in [0.717, 1.165) is 25.0 Å². The lowest BCUT2D eigenvalue weighted by Gasteiger charge is -2.14. The van der Waals surface area contributed by atoms with Crippen molar-refractivity contribution in [2.24, 2.45) is 0 Å². The molecule has 0 aliphatic heterocycles. The van der Waals surface area contributed by atoms with Gasteiger partial charge in [0.25, 0.3) is 5.91 Å². The van der Waals surface area contributed by atoms with Gasteiger partial charge in [0, 0.05) is 17.6 Å². The van der Waals surface area contributed by atoms with Crippen molar-refractivity contribution in [1.29, 1.82) is 0 Å². The number of hydrogen-bond donors (Lipinski definition) is 2. The fraction of sp³-hybridized carbons (Fsp3) is 0.421. The number of carbonyl (C=O) groups excluding carboxylic acids is 1. The molecule has 0 saturated heterocycles. The SMILES string of the molecule is CCC(C)n1ncc(C(=O)Nc2ccc(C)c(C(=O)O)c2)c1C1CC1. The highest BCUT2D eigenvalue weighted by Gasteiger charge is 2.33. The number of aromatic carboxylic acids is 1. The second-order valence-electron chi connectivity index (χ2n) is 6.71. The van der Waals surface area contributed by atoms with Crippen LogP contribution in [0.5, 0.6) is 0 Å². The molecule has 3 rings (SSSR count). The predicted octanol–water partition coefficient (Wildman–Crippen LogP) is 3.99. The second-order valence-corrected chi connectivity index (χ2v) is 6.71. The number of nitrogens with zero attached hydrogens (tertiary/aromatic N) is 2. The summed E-state index contributed by atoms with van der Waals surface area (Å²) in [7, 11) is 0. The Hall–Kier alpha value is -2.63. The van der Waals surface area contributed by atoms with E-state index < -0.39 is 5.97 Å². The molecule has 1 aromatic carbocycles. The number of nitrogens with one attached hydrogen (secondary N) is 1. The summed E-state index contributed by atoms with van der Waals surface area (Å²) < 4.78 is 1.96. The number of aryl methyl sites for hydroxylation is 1. The van der Waals surface area contributed by atoms with E-state index >= 15 is 0 Å². The summed E-state index contributed by atoms with van der Waals surface area (Å²) in [6.45, 7) is 5.93. The molecule has 1 amide bonds. The molecule has 25 heavy (non-hydrogen) atoms. The van der Waals surface area contributed by atoms with E-state index in [-0.39, 0.29) is 17.5 Å². The molecule has 0 radical (unpaired) electrons. The van der Waals surface area contributed by atoms with Crippen LogP contribution in [0.2, 0.25) is 0 Å². The lowest BCUT2D eigenvalue weighted by atomic mass is 10.1. The van der Waals surface area contributed by atoms with E-state index in [0.29, 0.717) is 22.7 Å². The van der Waals surface area contributed by atoms with Gasteiger partial charge in [0.2, 0.25) is 0 Å². The van der Waals surface area contributed by atoms with E-state index in [1.54, 1.807) is 25.3 Å². The first-order valence-corrected chi connectivity index (χ1v) is 8.65. The maximum absolute atomic E-state index is 12.7. The van der Waals surface area contributed by atoms with Crippen molar-refractivity contribution < 1.29 is 14.7 Å². The summed E-state index contributed by atoms with van der Waals surface area (Å²) in [4.78, 5) is 24.0. The van der Waals surface area contributed by atoms with Crippen molar-refractivity contribution in [2.45, 2.75) is 52.0 Å². The van der Waals surface area contributed by atoms with Crippen LogP contribution >= 0.6 is 0 Å². The highest BCUT2D eigenvalue weighted by atomic mass is 16.4. The first kappa shape index (κ1) is 17.2. The third-order valence-corrected chi connectivity index (χ3v) is 4.78. The number of carbonyl (C=O) groups is 2. The van der Waals surface area contributed by atoms with Crippen LogP contribution in [-0.4, -0.2) is 26.8 Å². The molecule has 0 spiro atoms. The number of anilines is 1. The molecule has 1 atom stereocenters. The van der Waals surface area contributed by atoms with Crippen LogP contribution in [0.4, 0.5) is 5.69 Å². The Balaban J connectivity index is 1.88. The van der Waals surface area contributed by atoms with Crippen LogP contribution in [0, 0.1) is 6.92 Å². The standard InChI is InChI=1S/C19H23N3O3/c1-4-12(3)22-17(13-6-7-13)16(10-20-22)18(23)21-14-8-5-11(2)15(9-14)19(24)25/h5,8-10,12-13H,4,6-7H2,1-3H3,(H,21,23)(H,24,25). The Morgan fingerprint density at radius 1 is 1.36 bits per heavy atom. The fourth-order valence-corrected chi connectivity index (χ4v) is 2.96. The molecule has 132 valence electrons. The van der Waals surface area contributed by atoms with Crippen LogP contribution < -0.4 is 5.32 Å². The molecular weight excluding hydrogens is 318 g/mol. The molecule has 6 heteroatoms. The summed E-state index contributed by atoms with van der Waals surface area (Å²) in [6.07, 6.45) is 4.73. The van der Waals surface area contributed by atoms with Gasteiger partial charge in [-0.15, -0.1) is 0 Å². The first-order chi connectivity index (χ1) is 11.9. The zero-order valence-corrected chi connectivity index (χ0v) is 14.7. The zero-order valence-electron chi connectivity index (χ0n) is 14.7. The molecule has 1 aliphatic carbocycles. The van der Waals surface area contributed by atoms with E-state index in [2.05, 4.69) is 24.3 Å². The molecule has 1 unspecified atom stereocenters. The largest absolute Gasteiger partial charge is 0.478 e. The molecule has 1 heterocycles.